The third-order valence-electron chi connectivity index (χ3n) is 9.12. The normalized spacial score (nSPS) is 16.9. The van der Waals surface area contributed by atoms with Crippen LogP contribution in [0.1, 0.15) is 42.5 Å². The number of rotatable bonds is 10. The van der Waals surface area contributed by atoms with Crippen LogP contribution in [0, 0.1) is 0 Å². The Morgan fingerprint density at radius 2 is 1.57 bits per heavy atom. The molecule has 0 saturated carbocycles. The zero-order valence-corrected chi connectivity index (χ0v) is 25.3. The number of aromatic nitrogens is 1. The molecule has 0 bridgehead atoms. The van der Waals surface area contributed by atoms with E-state index in [0.717, 1.165) is 94.0 Å². The Morgan fingerprint density at radius 1 is 0.841 bits per heavy atom. The molecule has 3 aliphatic heterocycles. The predicted octanol–water partition coefficient (Wildman–Crippen LogP) is 4.99. The monoisotopic (exact) mass is 595 g/mol. The maximum Gasteiger partial charge on any atom is 0.256 e. The van der Waals surface area contributed by atoms with Gasteiger partial charge in [0.1, 0.15) is 11.1 Å². The Bertz CT molecular complexity index is 1720. The Kier molecular flexibility index (Phi) is 8.50. The molecule has 44 heavy (non-hydrogen) atoms. The molecule has 4 heterocycles. The van der Waals surface area contributed by atoms with Crippen LogP contribution in [0.25, 0.3) is 27.4 Å². The van der Waals surface area contributed by atoms with Gasteiger partial charge in [0.25, 0.3) is 5.91 Å². The van der Waals surface area contributed by atoms with Crippen LogP contribution in [0.5, 0.6) is 11.5 Å². The number of hydrogen-bond acceptors (Lipinski definition) is 7. The van der Waals surface area contributed by atoms with Crippen LogP contribution in [0.4, 0.5) is 5.69 Å². The van der Waals surface area contributed by atoms with Gasteiger partial charge in [0.15, 0.2) is 11.5 Å². The fourth-order valence-electron chi connectivity index (χ4n) is 6.71. The molecule has 9 nitrogen and oxygen atoms in total. The van der Waals surface area contributed by atoms with E-state index < -0.39 is 0 Å². The summed E-state index contributed by atoms with van der Waals surface area (Å²) in [6.07, 6.45) is 7.34. The Balaban J connectivity index is 1.18. The van der Waals surface area contributed by atoms with Gasteiger partial charge in [-0.1, -0.05) is 30.7 Å². The number of benzene rings is 3. The molecule has 230 valence electrons. The molecule has 0 atom stereocenters. The molecular weight excluding hydrogens is 554 g/mol. The van der Waals surface area contributed by atoms with Crippen LogP contribution in [0.2, 0.25) is 0 Å². The van der Waals surface area contributed by atoms with Crippen LogP contribution in [-0.4, -0.2) is 85.8 Å². The maximum absolute atomic E-state index is 13.8. The van der Waals surface area contributed by atoms with Crippen LogP contribution < -0.4 is 20.8 Å². The third-order valence-corrected chi connectivity index (χ3v) is 9.12. The Labute approximate surface area is 257 Å². The number of anilines is 1. The van der Waals surface area contributed by atoms with Crippen molar-refractivity contribution in [2.24, 2.45) is 0 Å². The average Bonchev–Trinajstić information content (AvgIpc) is 3.06. The molecule has 1 amide bonds. The molecule has 3 aliphatic rings. The highest BCUT2D eigenvalue weighted by Crippen LogP contribution is 2.45. The summed E-state index contributed by atoms with van der Waals surface area (Å²) in [7, 11) is 0. The number of likely N-dealkylation sites (tertiary alicyclic amines) is 1. The quantitative estimate of drug-likeness (QED) is 0.220. The number of fused-ring (bicyclic) bond motifs is 3. The minimum atomic E-state index is -0.333. The number of carbonyl (C=O) groups excluding carboxylic acids is 1. The van der Waals surface area contributed by atoms with E-state index in [-0.39, 0.29) is 16.9 Å². The summed E-state index contributed by atoms with van der Waals surface area (Å²) in [6, 6.07) is 16.0. The first kappa shape index (κ1) is 28.8. The molecule has 7 rings (SSSR count). The van der Waals surface area contributed by atoms with Crippen molar-refractivity contribution in [3.05, 3.63) is 70.5 Å². The van der Waals surface area contributed by atoms with Crippen molar-refractivity contribution in [3.63, 3.8) is 0 Å². The van der Waals surface area contributed by atoms with Gasteiger partial charge >= 0.3 is 0 Å². The standard InChI is InChI=1S/C35H41N5O4/c41-33-27-10-11-29(36-12-6-17-39-18-20-43-21-19-39)34-32(27)40(30-22-25-8-2-3-9-26(25)23-31(30)44-34)24-28(33)35(42)37-13-7-16-38-14-4-1-5-15-38/h2-3,8-11,22-24,36H,1,4-7,12-21H2,(H,37,42). The summed E-state index contributed by atoms with van der Waals surface area (Å²) >= 11 is 0. The first-order valence-corrected chi connectivity index (χ1v) is 16.1. The lowest BCUT2D eigenvalue weighted by atomic mass is 10.0. The first-order valence-electron chi connectivity index (χ1n) is 16.1. The van der Waals surface area contributed by atoms with Crippen molar-refractivity contribution in [1.29, 1.82) is 0 Å². The van der Waals surface area contributed by atoms with E-state index in [1.165, 1.54) is 19.3 Å². The summed E-state index contributed by atoms with van der Waals surface area (Å²) < 4.78 is 14.0. The van der Waals surface area contributed by atoms with E-state index in [9.17, 15) is 9.59 Å². The predicted molar refractivity (Wildman–Crippen MR) is 175 cm³/mol. The van der Waals surface area contributed by atoms with Crippen molar-refractivity contribution in [2.75, 3.05) is 70.9 Å². The van der Waals surface area contributed by atoms with Gasteiger partial charge in [0.05, 0.1) is 30.0 Å². The van der Waals surface area contributed by atoms with Gasteiger partial charge in [-0.3, -0.25) is 14.5 Å². The fraction of sp³-hybridized carbons (Fsp3) is 0.429. The summed E-state index contributed by atoms with van der Waals surface area (Å²) in [4.78, 5) is 32.1. The van der Waals surface area contributed by atoms with Gasteiger partial charge in [-0.25, -0.2) is 0 Å². The van der Waals surface area contributed by atoms with Crippen molar-refractivity contribution in [1.82, 2.24) is 19.7 Å². The molecule has 2 fully saturated rings. The number of nitrogens with zero attached hydrogens (tertiary/aromatic N) is 3. The molecule has 2 N–H and O–H groups in total. The van der Waals surface area contributed by atoms with Crippen molar-refractivity contribution in [3.8, 4) is 17.2 Å². The van der Waals surface area contributed by atoms with E-state index in [0.29, 0.717) is 28.9 Å². The first-order chi connectivity index (χ1) is 21.7. The van der Waals surface area contributed by atoms with E-state index in [1.807, 2.05) is 34.9 Å². The zero-order valence-electron chi connectivity index (χ0n) is 25.3. The topological polar surface area (TPSA) is 88.1 Å². The van der Waals surface area contributed by atoms with Crippen molar-refractivity contribution in [2.45, 2.75) is 32.1 Å². The molecule has 0 spiro atoms. The minimum absolute atomic E-state index is 0.147. The molecule has 4 aromatic rings. The highest BCUT2D eigenvalue weighted by molar-refractivity contribution is 6.01. The molecule has 1 aromatic heterocycles. The highest BCUT2D eigenvalue weighted by Gasteiger charge is 2.27. The zero-order chi connectivity index (χ0) is 29.9. The summed E-state index contributed by atoms with van der Waals surface area (Å²) in [5, 5.41) is 9.18. The summed E-state index contributed by atoms with van der Waals surface area (Å²) in [5.74, 6) is 0.971. The van der Waals surface area contributed by atoms with Gasteiger partial charge in [-0.2, -0.15) is 0 Å². The number of amides is 1. The third kappa shape index (κ3) is 5.92. The van der Waals surface area contributed by atoms with E-state index in [4.69, 9.17) is 9.47 Å². The van der Waals surface area contributed by atoms with Gasteiger partial charge in [0.2, 0.25) is 5.43 Å². The molecule has 3 aromatic carbocycles. The van der Waals surface area contributed by atoms with Crippen molar-refractivity contribution < 1.29 is 14.3 Å². The largest absolute Gasteiger partial charge is 0.451 e. The molecule has 2 saturated heterocycles. The van der Waals surface area contributed by atoms with Crippen molar-refractivity contribution >= 4 is 33.3 Å². The van der Waals surface area contributed by atoms with Crippen LogP contribution in [0.3, 0.4) is 0 Å². The summed E-state index contributed by atoms with van der Waals surface area (Å²) in [6.45, 7) is 9.05. The number of carbonyl (C=O) groups is 1. The second-order valence-corrected chi connectivity index (χ2v) is 12.1. The number of ether oxygens (including phenoxy) is 2. The van der Waals surface area contributed by atoms with E-state index >= 15 is 0 Å². The fourth-order valence-corrected chi connectivity index (χ4v) is 6.71. The number of morpholine rings is 1. The lowest BCUT2D eigenvalue weighted by molar-refractivity contribution is 0.0378. The van der Waals surface area contributed by atoms with Gasteiger partial charge in [-0.15, -0.1) is 0 Å². The average molecular weight is 596 g/mol. The molecule has 0 unspecified atom stereocenters. The number of piperidine rings is 1. The Hall–Kier alpha value is -3.92. The lowest BCUT2D eigenvalue weighted by Gasteiger charge is -2.27. The van der Waals surface area contributed by atoms with E-state index in [2.05, 4.69) is 38.6 Å². The van der Waals surface area contributed by atoms with Crippen LogP contribution in [0.15, 0.2) is 59.5 Å². The number of pyridine rings is 1. The Morgan fingerprint density at radius 3 is 2.36 bits per heavy atom. The summed E-state index contributed by atoms with van der Waals surface area (Å²) in [5.41, 5.74) is 2.19. The SMILES string of the molecule is O=C(NCCCN1CCCCC1)c1cn2c3c(c(NCCCN4CCOCC4)ccc3c1=O)Oc1cc3ccccc3cc1-2. The second-order valence-electron chi connectivity index (χ2n) is 12.1. The highest BCUT2D eigenvalue weighted by atomic mass is 16.5. The van der Waals surface area contributed by atoms with Gasteiger partial charge < -0.3 is 29.6 Å². The smallest absolute Gasteiger partial charge is 0.256 e. The molecule has 9 heteroatoms. The second kappa shape index (κ2) is 13.0. The van der Waals surface area contributed by atoms with Crippen LogP contribution in [-0.2, 0) is 4.74 Å². The van der Waals surface area contributed by atoms with Gasteiger partial charge in [-0.05, 0) is 86.9 Å². The van der Waals surface area contributed by atoms with E-state index in [1.54, 1.807) is 6.20 Å². The minimum Gasteiger partial charge on any atom is -0.451 e. The number of hydrogen-bond donors (Lipinski definition) is 2. The molecular formula is C35H41N5O4. The molecule has 0 radical (unpaired) electrons. The molecule has 0 aliphatic carbocycles. The van der Waals surface area contributed by atoms with Gasteiger partial charge in [0, 0.05) is 32.4 Å². The maximum atomic E-state index is 13.8. The lowest BCUT2D eigenvalue weighted by Crippen LogP contribution is -2.37. The number of nitrogens with one attached hydrogen (secondary N) is 2. The van der Waals surface area contributed by atoms with Crippen LogP contribution >= 0.6 is 0 Å².